The molecule has 2 heterocycles. The smallest absolute Gasteiger partial charge is 0.0669 e. The Balaban J connectivity index is 1.96. The molecule has 0 fully saturated rings. The van der Waals surface area contributed by atoms with Crippen LogP contribution < -0.4 is 5.32 Å². The molecule has 1 nitrogen and oxygen atoms in total. The first-order chi connectivity index (χ1) is 9.69. The highest BCUT2D eigenvalue weighted by Crippen LogP contribution is 2.37. The van der Waals surface area contributed by atoms with E-state index in [1.165, 1.54) is 22.6 Å². The van der Waals surface area contributed by atoms with Gasteiger partial charge in [0.05, 0.1) is 16.1 Å². The van der Waals surface area contributed by atoms with Crippen LogP contribution in [0.4, 0.5) is 0 Å². The van der Waals surface area contributed by atoms with Gasteiger partial charge >= 0.3 is 0 Å². The van der Waals surface area contributed by atoms with Crippen LogP contribution in [0.3, 0.4) is 0 Å². The third kappa shape index (κ3) is 2.88. The first kappa shape index (κ1) is 14.7. The van der Waals surface area contributed by atoms with Crippen molar-refractivity contribution in [2.24, 2.45) is 0 Å². The lowest BCUT2D eigenvalue weighted by Crippen LogP contribution is -2.16. The Bertz CT molecular complexity index is 601. The van der Waals surface area contributed by atoms with Gasteiger partial charge in [-0.1, -0.05) is 29.3 Å². The maximum Gasteiger partial charge on any atom is 0.0669 e. The summed E-state index contributed by atoms with van der Waals surface area (Å²) in [5.41, 5.74) is 2.66. The second-order valence-electron chi connectivity index (χ2n) is 4.80. The predicted octanol–water partition coefficient (Wildman–Crippen LogP) is 5.15. The minimum atomic E-state index is 0.186. The molecule has 1 aliphatic rings. The first-order valence-electron chi connectivity index (χ1n) is 6.50. The van der Waals surface area contributed by atoms with Crippen molar-refractivity contribution in [3.63, 3.8) is 0 Å². The average Bonchev–Trinajstić information content (AvgIpc) is 2.87. The van der Waals surface area contributed by atoms with Crippen LogP contribution in [-0.4, -0.2) is 12.8 Å². The molecule has 1 atom stereocenters. The minimum absolute atomic E-state index is 0.186. The maximum absolute atomic E-state index is 6.14. The number of aryl methyl sites for hydroxylation is 1. The van der Waals surface area contributed by atoms with E-state index in [0.29, 0.717) is 10.0 Å². The number of rotatable bonds is 3. The highest BCUT2D eigenvalue weighted by atomic mass is 35.5. The molecule has 0 saturated carbocycles. The number of nitrogens with one attached hydrogen (secondary N) is 1. The molecule has 1 aromatic heterocycles. The molecule has 0 amide bonds. The highest BCUT2D eigenvalue weighted by molar-refractivity contribution is 7.98. The van der Waals surface area contributed by atoms with Crippen molar-refractivity contribution >= 4 is 46.3 Å². The van der Waals surface area contributed by atoms with E-state index in [4.69, 9.17) is 23.2 Å². The summed E-state index contributed by atoms with van der Waals surface area (Å²) in [5, 5.41) is 4.61. The summed E-state index contributed by atoms with van der Waals surface area (Å²) < 4.78 is 0. The molecule has 2 aromatic rings. The van der Waals surface area contributed by atoms with E-state index in [9.17, 15) is 0 Å². The molecule has 1 aromatic carbocycles. The fourth-order valence-electron chi connectivity index (χ4n) is 2.48. The van der Waals surface area contributed by atoms with E-state index in [2.05, 4.69) is 11.4 Å². The zero-order valence-corrected chi connectivity index (χ0v) is 14.2. The second-order valence-corrected chi connectivity index (χ2v) is 7.88. The van der Waals surface area contributed by atoms with Crippen LogP contribution in [0.2, 0.25) is 10.0 Å². The Labute approximate surface area is 137 Å². The van der Waals surface area contributed by atoms with Gasteiger partial charge in [0.1, 0.15) is 0 Å². The number of thioether (sulfide) groups is 1. The Kier molecular flexibility index (Phi) is 4.63. The molecular formula is C15H15Cl2NS2. The van der Waals surface area contributed by atoms with Crippen LogP contribution in [0.15, 0.2) is 24.3 Å². The van der Waals surface area contributed by atoms with E-state index in [1.807, 2.05) is 48.3 Å². The van der Waals surface area contributed by atoms with E-state index < -0.39 is 0 Å². The summed E-state index contributed by atoms with van der Waals surface area (Å²) in [4.78, 5) is 2.90. The molecule has 0 radical (unpaired) electrons. The van der Waals surface area contributed by atoms with Gasteiger partial charge < -0.3 is 5.32 Å². The van der Waals surface area contributed by atoms with Crippen molar-refractivity contribution in [1.29, 1.82) is 0 Å². The predicted molar refractivity (Wildman–Crippen MR) is 91.5 cm³/mol. The van der Waals surface area contributed by atoms with E-state index in [-0.39, 0.29) is 6.04 Å². The molecule has 1 aliphatic heterocycles. The highest BCUT2D eigenvalue weighted by Gasteiger charge is 2.20. The lowest BCUT2D eigenvalue weighted by molar-refractivity contribution is 0.703. The summed E-state index contributed by atoms with van der Waals surface area (Å²) >= 11 is 16.1. The second kappa shape index (κ2) is 6.29. The zero-order valence-electron chi connectivity index (χ0n) is 11.1. The number of hydrogen-bond acceptors (Lipinski definition) is 3. The maximum atomic E-state index is 6.14. The minimum Gasteiger partial charge on any atom is -0.309 e. The molecule has 0 bridgehead atoms. The van der Waals surface area contributed by atoms with Gasteiger partial charge in [0.25, 0.3) is 0 Å². The van der Waals surface area contributed by atoms with Crippen LogP contribution in [0.5, 0.6) is 0 Å². The van der Waals surface area contributed by atoms with Gasteiger partial charge in [-0.05, 0) is 48.5 Å². The van der Waals surface area contributed by atoms with Crippen LogP contribution in [0, 0.1) is 0 Å². The Morgan fingerprint density at radius 1 is 1.20 bits per heavy atom. The molecule has 0 aliphatic carbocycles. The monoisotopic (exact) mass is 343 g/mol. The van der Waals surface area contributed by atoms with Crippen LogP contribution >= 0.6 is 46.3 Å². The number of fused-ring (bicyclic) bond motifs is 1. The summed E-state index contributed by atoms with van der Waals surface area (Å²) in [6.07, 6.45) is 1.20. The Hall–Kier alpha value is -0.190. The van der Waals surface area contributed by atoms with E-state index in [1.54, 1.807) is 4.88 Å². The van der Waals surface area contributed by atoms with Crippen molar-refractivity contribution in [3.8, 4) is 0 Å². The lowest BCUT2D eigenvalue weighted by atomic mass is 10.0. The van der Waals surface area contributed by atoms with Gasteiger partial charge in [-0.25, -0.2) is 0 Å². The number of thiophene rings is 1. The summed E-state index contributed by atoms with van der Waals surface area (Å²) in [6, 6.07) is 8.40. The quantitative estimate of drug-likeness (QED) is 0.826. The topological polar surface area (TPSA) is 12.0 Å². The lowest BCUT2D eigenvalue weighted by Gasteiger charge is -2.15. The fourth-order valence-corrected chi connectivity index (χ4v) is 5.30. The summed E-state index contributed by atoms with van der Waals surface area (Å²) in [6.45, 7) is 0. The van der Waals surface area contributed by atoms with Gasteiger partial charge in [0.2, 0.25) is 0 Å². The molecule has 0 spiro atoms. The van der Waals surface area contributed by atoms with Crippen molar-refractivity contribution in [1.82, 2.24) is 5.32 Å². The van der Waals surface area contributed by atoms with Gasteiger partial charge in [-0.15, -0.1) is 11.3 Å². The van der Waals surface area contributed by atoms with Gasteiger partial charge in [0.15, 0.2) is 0 Å². The average molecular weight is 344 g/mol. The zero-order chi connectivity index (χ0) is 14.1. The molecule has 1 unspecified atom stereocenters. The van der Waals surface area contributed by atoms with Crippen LogP contribution in [0.25, 0.3) is 0 Å². The molecule has 0 saturated heterocycles. The van der Waals surface area contributed by atoms with Crippen molar-refractivity contribution in [3.05, 3.63) is 55.2 Å². The molecule has 3 rings (SSSR count). The van der Waals surface area contributed by atoms with Crippen molar-refractivity contribution < 1.29 is 0 Å². The van der Waals surface area contributed by atoms with Gasteiger partial charge in [-0.2, -0.15) is 11.8 Å². The standard InChI is InChI=1S/C15H15Cl2NS2/c1-18-15(9-2-3-11(16)12(17)6-9)14-7-10-8-19-5-4-13(10)20-14/h2-3,6-7,15,18H,4-5,8H2,1H3. The van der Waals surface area contributed by atoms with E-state index in [0.717, 1.165) is 11.3 Å². The van der Waals surface area contributed by atoms with Gasteiger partial charge in [0, 0.05) is 15.5 Å². The van der Waals surface area contributed by atoms with Crippen LogP contribution in [-0.2, 0) is 12.2 Å². The molecule has 106 valence electrons. The molecule has 5 heteroatoms. The largest absolute Gasteiger partial charge is 0.309 e. The number of hydrogen-bond donors (Lipinski definition) is 1. The normalized spacial score (nSPS) is 15.9. The first-order valence-corrected chi connectivity index (χ1v) is 9.23. The third-order valence-electron chi connectivity index (χ3n) is 3.50. The summed E-state index contributed by atoms with van der Waals surface area (Å²) in [7, 11) is 1.99. The molecule has 20 heavy (non-hydrogen) atoms. The van der Waals surface area contributed by atoms with E-state index >= 15 is 0 Å². The molecular weight excluding hydrogens is 329 g/mol. The van der Waals surface area contributed by atoms with Gasteiger partial charge in [-0.3, -0.25) is 0 Å². The fraction of sp³-hybridized carbons (Fsp3) is 0.333. The summed E-state index contributed by atoms with van der Waals surface area (Å²) in [5.74, 6) is 2.38. The SMILES string of the molecule is CNC(c1ccc(Cl)c(Cl)c1)c1cc2c(s1)CCSC2. The third-order valence-corrected chi connectivity index (χ3v) is 6.55. The Morgan fingerprint density at radius 3 is 2.75 bits per heavy atom. The molecule has 1 N–H and O–H groups in total. The van der Waals surface area contributed by atoms with Crippen molar-refractivity contribution in [2.45, 2.75) is 18.2 Å². The number of benzene rings is 1. The number of halogens is 2. The van der Waals surface area contributed by atoms with Crippen LogP contribution in [0.1, 0.15) is 26.9 Å². The Morgan fingerprint density at radius 2 is 2.05 bits per heavy atom. The van der Waals surface area contributed by atoms with Crippen molar-refractivity contribution in [2.75, 3.05) is 12.8 Å².